The first-order chi connectivity index (χ1) is 17.7. The number of thiol groups is 1. The number of benzene rings is 2. The Morgan fingerprint density at radius 2 is 1.74 bits per heavy atom. The molecule has 0 fully saturated rings. The maximum Gasteiger partial charge on any atom is 0.408 e. The highest BCUT2D eigenvalue weighted by Crippen LogP contribution is 2.32. The summed E-state index contributed by atoms with van der Waals surface area (Å²) >= 11 is 10.8. The molecule has 7 nitrogen and oxygen atoms in total. The zero-order valence-electron chi connectivity index (χ0n) is 23.5. The van der Waals surface area contributed by atoms with Gasteiger partial charge in [0.05, 0.1) is 10.7 Å². The van der Waals surface area contributed by atoms with Crippen molar-refractivity contribution in [2.75, 3.05) is 11.1 Å². The molecule has 2 rings (SSSR count). The van der Waals surface area contributed by atoms with Crippen LogP contribution < -0.4 is 10.6 Å². The lowest BCUT2D eigenvalue weighted by Crippen LogP contribution is -2.55. The number of ether oxygens (including phenoxy) is 1. The average molecular weight is 562 g/mol. The molecule has 0 saturated carbocycles. The summed E-state index contributed by atoms with van der Waals surface area (Å²) in [4.78, 5) is 42.2. The van der Waals surface area contributed by atoms with Crippen molar-refractivity contribution < 1.29 is 19.1 Å². The topological polar surface area (TPSA) is 87.7 Å². The molecule has 3 amide bonds. The van der Waals surface area contributed by atoms with Crippen molar-refractivity contribution in [2.24, 2.45) is 0 Å². The second-order valence-corrected chi connectivity index (χ2v) is 11.3. The zero-order valence-corrected chi connectivity index (χ0v) is 25.2. The van der Waals surface area contributed by atoms with Crippen molar-refractivity contribution in [3.05, 3.63) is 63.7 Å². The first-order valence-corrected chi connectivity index (χ1v) is 13.8. The second-order valence-electron chi connectivity index (χ2n) is 10.6. The van der Waals surface area contributed by atoms with Crippen LogP contribution in [-0.4, -0.2) is 46.2 Å². The van der Waals surface area contributed by atoms with Gasteiger partial charge in [-0.2, -0.15) is 12.6 Å². The predicted molar refractivity (Wildman–Crippen MR) is 157 cm³/mol. The van der Waals surface area contributed by atoms with Crippen molar-refractivity contribution in [1.82, 2.24) is 10.2 Å². The molecule has 3 atom stereocenters. The van der Waals surface area contributed by atoms with Crippen LogP contribution in [0.1, 0.15) is 69.3 Å². The number of anilines is 1. The number of hydrogen-bond acceptors (Lipinski definition) is 5. The van der Waals surface area contributed by atoms with E-state index in [1.54, 1.807) is 26.8 Å². The Hall–Kier alpha value is -2.71. The van der Waals surface area contributed by atoms with Gasteiger partial charge in [-0.05, 0) is 77.6 Å². The Kier molecular flexibility index (Phi) is 11.1. The molecule has 208 valence electrons. The van der Waals surface area contributed by atoms with Crippen LogP contribution in [0.25, 0.3) is 0 Å². The molecule has 2 aromatic carbocycles. The zero-order chi connectivity index (χ0) is 28.8. The van der Waals surface area contributed by atoms with E-state index in [-0.39, 0.29) is 11.8 Å². The van der Waals surface area contributed by atoms with Crippen LogP contribution in [0.4, 0.5) is 10.5 Å². The number of nitrogens with one attached hydrogen (secondary N) is 2. The van der Waals surface area contributed by atoms with Gasteiger partial charge in [-0.15, -0.1) is 0 Å². The summed E-state index contributed by atoms with van der Waals surface area (Å²) in [6, 6.07) is 8.79. The molecular weight excluding hydrogens is 522 g/mol. The maximum absolute atomic E-state index is 14.1. The molecular formula is C29H40ClN3O4S. The van der Waals surface area contributed by atoms with Crippen LogP contribution in [0.15, 0.2) is 36.4 Å². The SMILES string of the molecule is CCC(C)N(C(=O)C(CS)NC(=O)OC(C)(C)C)C(C(=O)Nc1c(C)cccc1Cl)c1ccc(C)cc1C. The van der Waals surface area contributed by atoms with E-state index in [1.165, 1.54) is 4.90 Å². The fraction of sp³-hybridized carbons (Fsp3) is 0.483. The lowest BCUT2D eigenvalue weighted by atomic mass is 9.95. The first-order valence-electron chi connectivity index (χ1n) is 12.8. The number of alkyl carbamates (subject to hydrolysis) is 1. The van der Waals surface area contributed by atoms with Crippen LogP contribution in [0.5, 0.6) is 0 Å². The predicted octanol–water partition coefficient (Wildman–Crippen LogP) is 6.40. The van der Waals surface area contributed by atoms with Gasteiger partial charge < -0.3 is 20.3 Å². The minimum absolute atomic E-state index is 0.0237. The van der Waals surface area contributed by atoms with E-state index in [9.17, 15) is 14.4 Å². The first kappa shape index (κ1) is 31.5. The molecule has 2 N–H and O–H groups in total. The van der Waals surface area contributed by atoms with E-state index in [2.05, 4.69) is 23.3 Å². The molecule has 38 heavy (non-hydrogen) atoms. The van der Waals surface area contributed by atoms with E-state index in [4.69, 9.17) is 16.3 Å². The number of nitrogens with zero attached hydrogens (tertiary/aromatic N) is 1. The number of hydrogen-bond donors (Lipinski definition) is 3. The molecule has 3 unspecified atom stereocenters. The van der Waals surface area contributed by atoms with Crippen LogP contribution in [0.3, 0.4) is 0 Å². The van der Waals surface area contributed by atoms with Crippen LogP contribution in [0.2, 0.25) is 5.02 Å². The Morgan fingerprint density at radius 3 is 2.26 bits per heavy atom. The smallest absolute Gasteiger partial charge is 0.408 e. The van der Waals surface area contributed by atoms with E-state index in [0.29, 0.717) is 22.7 Å². The maximum atomic E-state index is 14.1. The van der Waals surface area contributed by atoms with Gasteiger partial charge in [0.15, 0.2) is 0 Å². The number of halogens is 1. The third kappa shape index (κ3) is 8.14. The largest absolute Gasteiger partial charge is 0.444 e. The van der Waals surface area contributed by atoms with Gasteiger partial charge in [0, 0.05) is 11.8 Å². The highest BCUT2D eigenvalue weighted by molar-refractivity contribution is 7.80. The number of rotatable bonds is 9. The number of carbonyl (C=O) groups excluding carboxylic acids is 3. The van der Waals surface area contributed by atoms with Gasteiger partial charge in [0.25, 0.3) is 5.91 Å². The molecule has 0 heterocycles. The fourth-order valence-electron chi connectivity index (χ4n) is 4.14. The minimum atomic E-state index is -1.01. The highest BCUT2D eigenvalue weighted by Gasteiger charge is 2.39. The average Bonchev–Trinajstić information content (AvgIpc) is 2.82. The monoisotopic (exact) mass is 561 g/mol. The molecule has 0 saturated heterocycles. The summed E-state index contributed by atoms with van der Waals surface area (Å²) in [5.74, 6) is -0.816. The van der Waals surface area contributed by atoms with Crippen LogP contribution in [-0.2, 0) is 14.3 Å². The molecule has 0 bridgehead atoms. The summed E-state index contributed by atoms with van der Waals surface area (Å²) in [5.41, 5.74) is 3.13. The molecule has 0 radical (unpaired) electrons. The van der Waals surface area contributed by atoms with E-state index in [0.717, 1.165) is 16.7 Å². The van der Waals surface area contributed by atoms with Crippen LogP contribution in [0, 0.1) is 20.8 Å². The van der Waals surface area contributed by atoms with Crippen molar-refractivity contribution in [3.8, 4) is 0 Å². The Labute approximate surface area is 237 Å². The van der Waals surface area contributed by atoms with Gasteiger partial charge in [-0.1, -0.05) is 54.4 Å². The number of aryl methyl sites for hydroxylation is 3. The Balaban J connectivity index is 2.60. The third-order valence-electron chi connectivity index (χ3n) is 6.21. The van der Waals surface area contributed by atoms with Gasteiger partial charge in [0.1, 0.15) is 17.7 Å². The van der Waals surface area contributed by atoms with Gasteiger partial charge >= 0.3 is 6.09 Å². The second kappa shape index (κ2) is 13.4. The normalized spacial score (nSPS) is 13.7. The van der Waals surface area contributed by atoms with E-state index in [1.807, 2.05) is 65.0 Å². The van der Waals surface area contributed by atoms with Gasteiger partial charge in [0.2, 0.25) is 5.91 Å². The lowest BCUT2D eigenvalue weighted by Gasteiger charge is -2.38. The van der Waals surface area contributed by atoms with Crippen molar-refractivity contribution in [2.45, 2.75) is 85.5 Å². The lowest BCUT2D eigenvalue weighted by molar-refractivity contribution is -0.142. The van der Waals surface area contributed by atoms with Crippen LogP contribution >= 0.6 is 24.2 Å². The quantitative estimate of drug-likeness (QED) is 0.309. The van der Waals surface area contributed by atoms with Crippen molar-refractivity contribution in [1.29, 1.82) is 0 Å². The molecule has 0 aliphatic rings. The van der Waals surface area contributed by atoms with Gasteiger partial charge in [-0.25, -0.2) is 4.79 Å². The summed E-state index contributed by atoms with van der Waals surface area (Å²) in [6.07, 6.45) is -0.148. The molecule has 0 aliphatic heterocycles. The Morgan fingerprint density at radius 1 is 1.08 bits per heavy atom. The number of amides is 3. The standard InChI is InChI=1S/C29H40ClN3O4S/c1-9-20(5)33(27(35)23(16-38)31-28(36)37-29(6,7)8)25(21-14-13-17(2)15-19(21)4)26(34)32-24-18(3)11-10-12-22(24)30/h10-15,20,23,25,38H,9,16H2,1-8H3,(H,31,36)(H,32,34). The van der Waals surface area contributed by atoms with E-state index < -0.39 is 35.6 Å². The van der Waals surface area contributed by atoms with E-state index >= 15 is 0 Å². The molecule has 0 aliphatic carbocycles. The van der Waals surface area contributed by atoms with Crippen molar-refractivity contribution >= 4 is 47.8 Å². The summed E-state index contributed by atoms with van der Waals surface area (Å²) in [7, 11) is 0. The molecule has 0 spiro atoms. The van der Waals surface area contributed by atoms with Gasteiger partial charge in [-0.3, -0.25) is 9.59 Å². The molecule has 0 aromatic heterocycles. The minimum Gasteiger partial charge on any atom is -0.444 e. The summed E-state index contributed by atoms with van der Waals surface area (Å²) in [5, 5.41) is 6.01. The molecule has 9 heteroatoms. The third-order valence-corrected chi connectivity index (χ3v) is 6.89. The fourth-order valence-corrected chi connectivity index (χ4v) is 4.66. The highest BCUT2D eigenvalue weighted by atomic mass is 35.5. The Bertz CT molecular complexity index is 1140. The van der Waals surface area contributed by atoms with Crippen molar-refractivity contribution in [3.63, 3.8) is 0 Å². The number of carbonyl (C=O) groups is 3. The molecule has 2 aromatic rings. The number of para-hydroxylation sites is 1. The summed E-state index contributed by atoms with van der Waals surface area (Å²) in [6.45, 7) is 14.8. The summed E-state index contributed by atoms with van der Waals surface area (Å²) < 4.78 is 5.37.